The van der Waals surface area contributed by atoms with Gasteiger partial charge in [-0.15, -0.1) is 0 Å². The molecule has 1 N–H and O–H groups in total. The van der Waals surface area contributed by atoms with Crippen LogP contribution in [0.1, 0.15) is 34.6 Å². The monoisotopic (exact) mass is 355 g/mol. The van der Waals surface area contributed by atoms with E-state index in [9.17, 15) is 4.79 Å². The molecule has 0 unspecified atom stereocenters. The second-order valence-corrected chi connectivity index (χ2v) is 7.30. The van der Waals surface area contributed by atoms with Crippen molar-refractivity contribution < 1.29 is 14.3 Å². The topological polar surface area (TPSA) is 67.5 Å². The zero-order chi connectivity index (χ0) is 18.1. The molecule has 2 aromatic rings. The summed E-state index contributed by atoms with van der Waals surface area (Å²) in [5, 5.41) is 0. The summed E-state index contributed by atoms with van der Waals surface area (Å²) < 4.78 is 11.5. The van der Waals surface area contributed by atoms with E-state index in [0.29, 0.717) is 38.6 Å². The van der Waals surface area contributed by atoms with Crippen molar-refractivity contribution in [2.75, 3.05) is 32.9 Å². The number of nitrogens with zero attached hydrogens (tertiary/aromatic N) is 2. The number of benzene rings is 1. The largest absolute Gasteiger partial charge is 0.381 e. The van der Waals surface area contributed by atoms with Crippen molar-refractivity contribution in [3.8, 4) is 11.4 Å². The summed E-state index contributed by atoms with van der Waals surface area (Å²) in [6, 6.07) is 8.12. The maximum absolute atomic E-state index is 13.1. The van der Waals surface area contributed by atoms with Crippen LogP contribution in [-0.2, 0) is 9.47 Å². The van der Waals surface area contributed by atoms with Crippen LogP contribution < -0.4 is 0 Å². The van der Waals surface area contributed by atoms with Gasteiger partial charge in [-0.25, -0.2) is 4.98 Å². The predicted octanol–water partition coefficient (Wildman–Crippen LogP) is 2.72. The van der Waals surface area contributed by atoms with E-state index in [-0.39, 0.29) is 11.5 Å². The first kappa shape index (κ1) is 17.2. The van der Waals surface area contributed by atoms with Crippen molar-refractivity contribution in [3.05, 3.63) is 41.2 Å². The van der Waals surface area contributed by atoms with Crippen LogP contribution in [0.2, 0.25) is 0 Å². The van der Waals surface area contributed by atoms with Crippen molar-refractivity contribution in [1.29, 1.82) is 0 Å². The molecule has 0 saturated carbocycles. The summed E-state index contributed by atoms with van der Waals surface area (Å²) in [6.45, 7) is 7.13. The Morgan fingerprint density at radius 2 is 2.04 bits per heavy atom. The van der Waals surface area contributed by atoms with E-state index in [0.717, 1.165) is 29.9 Å². The molecule has 3 heterocycles. The lowest BCUT2D eigenvalue weighted by molar-refractivity contribution is -0.146. The zero-order valence-electron chi connectivity index (χ0n) is 15.4. The molecule has 0 aliphatic carbocycles. The molecule has 26 heavy (non-hydrogen) atoms. The lowest BCUT2D eigenvalue weighted by atomic mass is 9.92. The number of imidazole rings is 1. The number of rotatable bonds is 2. The van der Waals surface area contributed by atoms with Gasteiger partial charge >= 0.3 is 0 Å². The molecule has 2 fully saturated rings. The highest BCUT2D eigenvalue weighted by Crippen LogP contribution is 2.30. The smallest absolute Gasteiger partial charge is 0.274 e. The van der Waals surface area contributed by atoms with Crippen molar-refractivity contribution in [2.45, 2.75) is 32.3 Å². The van der Waals surface area contributed by atoms with Gasteiger partial charge in [0, 0.05) is 43.9 Å². The van der Waals surface area contributed by atoms with Crippen LogP contribution in [0.25, 0.3) is 11.4 Å². The Labute approximate surface area is 153 Å². The fourth-order valence-corrected chi connectivity index (χ4v) is 3.81. The number of carbonyl (C=O) groups is 1. The summed E-state index contributed by atoms with van der Waals surface area (Å²) >= 11 is 0. The summed E-state index contributed by atoms with van der Waals surface area (Å²) in [5.74, 6) is 0.718. The second kappa shape index (κ2) is 6.85. The fourth-order valence-electron chi connectivity index (χ4n) is 3.81. The number of amides is 1. The van der Waals surface area contributed by atoms with Gasteiger partial charge in [-0.1, -0.05) is 23.8 Å². The molecule has 2 aliphatic heterocycles. The van der Waals surface area contributed by atoms with Crippen molar-refractivity contribution in [1.82, 2.24) is 14.9 Å². The lowest BCUT2D eigenvalue weighted by Crippen LogP contribution is -2.56. The quantitative estimate of drug-likeness (QED) is 0.899. The maximum atomic E-state index is 13.1. The van der Waals surface area contributed by atoms with Gasteiger partial charge in [0.15, 0.2) is 0 Å². The Balaban J connectivity index is 1.56. The van der Waals surface area contributed by atoms with Gasteiger partial charge < -0.3 is 19.4 Å². The number of ether oxygens (including phenoxy) is 2. The molecule has 2 aliphatic rings. The minimum Gasteiger partial charge on any atom is -0.381 e. The summed E-state index contributed by atoms with van der Waals surface area (Å²) in [4.78, 5) is 22.9. The Morgan fingerprint density at radius 3 is 2.81 bits per heavy atom. The Kier molecular flexibility index (Phi) is 4.54. The number of aromatic amines is 1. The van der Waals surface area contributed by atoms with Gasteiger partial charge in [0.25, 0.3) is 5.91 Å². The van der Waals surface area contributed by atoms with E-state index in [2.05, 4.69) is 16.0 Å². The fraction of sp³-hybridized carbons (Fsp3) is 0.500. The minimum atomic E-state index is -0.254. The molecule has 0 radical (unpaired) electrons. The molecular weight excluding hydrogens is 330 g/mol. The van der Waals surface area contributed by atoms with Crippen LogP contribution in [0.15, 0.2) is 24.3 Å². The highest BCUT2D eigenvalue weighted by molar-refractivity contribution is 5.94. The van der Waals surface area contributed by atoms with Crippen molar-refractivity contribution in [3.63, 3.8) is 0 Å². The van der Waals surface area contributed by atoms with Gasteiger partial charge in [-0.3, -0.25) is 4.79 Å². The molecule has 2 saturated heterocycles. The molecule has 6 heteroatoms. The minimum absolute atomic E-state index is 0.0215. The lowest BCUT2D eigenvalue weighted by Gasteiger charge is -2.44. The third-order valence-electron chi connectivity index (χ3n) is 5.32. The Bertz CT molecular complexity index is 803. The number of H-pyrrole nitrogens is 1. The first-order valence-corrected chi connectivity index (χ1v) is 9.21. The predicted molar refractivity (Wildman–Crippen MR) is 98.1 cm³/mol. The van der Waals surface area contributed by atoms with Crippen LogP contribution in [0, 0.1) is 13.8 Å². The van der Waals surface area contributed by atoms with Gasteiger partial charge in [0.05, 0.1) is 18.8 Å². The Hall–Kier alpha value is -2.18. The average molecular weight is 355 g/mol. The average Bonchev–Trinajstić information content (AvgIpc) is 3.03. The third kappa shape index (κ3) is 3.27. The first-order valence-electron chi connectivity index (χ1n) is 9.21. The number of nitrogens with one attached hydrogen (secondary N) is 1. The molecule has 1 amide bonds. The SMILES string of the molecule is Cc1cccc(-c2nc(C(=O)N3CCOC4(CCOCC4)C3)c(C)[nH]2)c1. The van der Waals surface area contributed by atoms with E-state index >= 15 is 0 Å². The van der Waals surface area contributed by atoms with E-state index in [1.54, 1.807) is 0 Å². The zero-order valence-corrected chi connectivity index (χ0v) is 15.4. The van der Waals surface area contributed by atoms with Gasteiger partial charge in [-0.2, -0.15) is 0 Å². The summed E-state index contributed by atoms with van der Waals surface area (Å²) in [7, 11) is 0. The molecular formula is C20H25N3O3. The number of aromatic nitrogens is 2. The molecule has 6 nitrogen and oxygen atoms in total. The van der Waals surface area contributed by atoms with Crippen LogP contribution in [-0.4, -0.2) is 59.3 Å². The molecule has 1 spiro atoms. The van der Waals surface area contributed by atoms with Gasteiger partial charge in [0.1, 0.15) is 11.5 Å². The molecule has 4 rings (SSSR count). The number of aryl methyl sites for hydroxylation is 2. The summed E-state index contributed by atoms with van der Waals surface area (Å²) in [5.41, 5.74) is 3.22. The van der Waals surface area contributed by atoms with Crippen LogP contribution >= 0.6 is 0 Å². The van der Waals surface area contributed by atoms with E-state index in [4.69, 9.17) is 9.47 Å². The van der Waals surface area contributed by atoms with Crippen LogP contribution in [0.5, 0.6) is 0 Å². The second-order valence-electron chi connectivity index (χ2n) is 7.30. The first-order chi connectivity index (χ1) is 12.6. The van der Waals surface area contributed by atoms with Crippen molar-refractivity contribution in [2.24, 2.45) is 0 Å². The number of hydrogen-bond acceptors (Lipinski definition) is 4. The van der Waals surface area contributed by atoms with Crippen LogP contribution in [0.4, 0.5) is 0 Å². The van der Waals surface area contributed by atoms with E-state index in [1.807, 2.05) is 36.9 Å². The number of carbonyl (C=O) groups excluding carboxylic acids is 1. The molecule has 1 aromatic carbocycles. The number of hydrogen-bond donors (Lipinski definition) is 1. The normalized spacial score (nSPS) is 19.7. The van der Waals surface area contributed by atoms with Crippen LogP contribution in [0.3, 0.4) is 0 Å². The maximum Gasteiger partial charge on any atom is 0.274 e. The molecule has 1 aromatic heterocycles. The highest BCUT2D eigenvalue weighted by Gasteiger charge is 2.40. The molecule has 138 valence electrons. The standard InChI is InChI=1S/C20H25N3O3/c1-14-4-3-5-16(12-14)18-21-15(2)17(22-18)19(24)23-8-11-26-20(13-23)6-9-25-10-7-20/h3-5,12H,6-11,13H2,1-2H3,(H,21,22). The van der Waals surface area contributed by atoms with E-state index < -0.39 is 0 Å². The Morgan fingerprint density at radius 1 is 1.23 bits per heavy atom. The van der Waals surface area contributed by atoms with E-state index in [1.165, 1.54) is 5.56 Å². The number of morpholine rings is 1. The molecule has 0 atom stereocenters. The van der Waals surface area contributed by atoms with Crippen molar-refractivity contribution >= 4 is 5.91 Å². The molecule has 0 bridgehead atoms. The van der Waals surface area contributed by atoms with Gasteiger partial charge in [-0.05, 0) is 19.9 Å². The summed E-state index contributed by atoms with van der Waals surface area (Å²) in [6.07, 6.45) is 1.68. The van der Waals surface area contributed by atoms with Gasteiger partial charge in [0.2, 0.25) is 0 Å². The third-order valence-corrected chi connectivity index (χ3v) is 5.32. The highest BCUT2D eigenvalue weighted by atomic mass is 16.5.